The number of Topliss-reactive ketones (excluding diaryl/α,β-unsaturated/α-hetero) is 1. The topological polar surface area (TPSA) is 34.1 Å². The molecule has 0 saturated heterocycles. The molecular weight excluding hydrogens is 284 g/mol. The fourth-order valence-corrected chi connectivity index (χ4v) is 7.23. The van der Waals surface area contributed by atoms with Crippen LogP contribution < -0.4 is 0 Å². The Morgan fingerprint density at radius 1 is 1.04 bits per heavy atom. The molecule has 6 atom stereocenters. The summed E-state index contributed by atoms with van der Waals surface area (Å²) in [5, 5.41) is 0. The van der Waals surface area contributed by atoms with Gasteiger partial charge in [0, 0.05) is 12.3 Å². The van der Waals surface area contributed by atoms with Crippen molar-refractivity contribution >= 4 is 11.6 Å². The number of carbonyl (C=O) groups excluding carboxylic acids is 2. The lowest BCUT2D eigenvalue weighted by Gasteiger charge is -2.58. The summed E-state index contributed by atoms with van der Waals surface area (Å²) in [6.45, 7) is 6.65. The van der Waals surface area contributed by atoms with Crippen molar-refractivity contribution in [3.05, 3.63) is 11.6 Å². The lowest BCUT2D eigenvalue weighted by atomic mass is 9.47. The molecule has 4 aliphatic rings. The lowest BCUT2D eigenvalue weighted by molar-refractivity contribution is -0.128. The maximum absolute atomic E-state index is 12.1. The van der Waals surface area contributed by atoms with Gasteiger partial charge in [-0.15, -0.1) is 0 Å². The number of rotatable bonds is 1. The van der Waals surface area contributed by atoms with Crippen molar-refractivity contribution in [2.24, 2.45) is 34.5 Å². The Labute approximate surface area is 140 Å². The molecule has 2 heteroatoms. The second kappa shape index (κ2) is 5.04. The van der Waals surface area contributed by atoms with Crippen LogP contribution in [0.1, 0.15) is 72.1 Å². The third kappa shape index (κ3) is 2.06. The molecule has 3 fully saturated rings. The number of hydrogen-bond acceptors (Lipinski definition) is 2. The van der Waals surface area contributed by atoms with E-state index < -0.39 is 0 Å². The number of ketones is 2. The Kier molecular flexibility index (Phi) is 3.42. The fourth-order valence-electron chi connectivity index (χ4n) is 7.23. The summed E-state index contributed by atoms with van der Waals surface area (Å²) in [4.78, 5) is 24.0. The van der Waals surface area contributed by atoms with E-state index >= 15 is 0 Å². The van der Waals surface area contributed by atoms with Gasteiger partial charge in [-0.25, -0.2) is 0 Å². The summed E-state index contributed by atoms with van der Waals surface area (Å²) in [7, 11) is 0. The van der Waals surface area contributed by atoms with Gasteiger partial charge in [-0.3, -0.25) is 9.59 Å². The van der Waals surface area contributed by atoms with Crippen molar-refractivity contribution in [1.82, 2.24) is 0 Å². The highest BCUT2D eigenvalue weighted by atomic mass is 16.1. The van der Waals surface area contributed by atoms with Crippen molar-refractivity contribution in [3.8, 4) is 0 Å². The van der Waals surface area contributed by atoms with Gasteiger partial charge in [-0.05, 0) is 86.5 Å². The normalized spacial score (nSPS) is 49.0. The largest absolute Gasteiger partial charge is 0.300 e. The molecule has 0 radical (unpaired) electrons. The second-order valence-corrected chi connectivity index (χ2v) is 9.25. The molecule has 0 aromatic carbocycles. The highest BCUT2D eigenvalue weighted by molar-refractivity contribution is 5.91. The first-order chi connectivity index (χ1) is 10.9. The van der Waals surface area contributed by atoms with Crippen LogP contribution in [0.15, 0.2) is 11.6 Å². The van der Waals surface area contributed by atoms with Gasteiger partial charge in [0.25, 0.3) is 0 Å². The third-order valence-electron chi connectivity index (χ3n) is 8.45. The van der Waals surface area contributed by atoms with E-state index in [1.807, 2.05) is 6.08 Å². The molecule has 0 amide bonds. The lowest BCUT2D eigenvalue weighted by Crippen LogP contribution is -2.51. The van der Waals surface area contributed by atoms with Crippen LogP contribution in [0.25, 0.3) is 0 Å². The molecule has 2 unspecified atom stereocenters. The quantitative estimate of drug-likeness (QED) is 0.701. The second-order valence-electron chi connectivity index (χ2n) is 9.25. The summed E-state index contributed by atoms with van der Waals surface area (Å²) in [5.74, 6) is 3.29. The van der Waals surface area contributed by atoms with Gasteiger partial charge in [-0.2, -0.15) is 0 Å². The summed E-state index contributed by atoms with van der Waals surface area (Å²) >= 11 is 0. The van der Waals surface area contributed by atoms with Gasteiger partial charge in [0.05, 0.1) is 0 Å². The molecule has 4 rings (SSSR count). The summed E-state index contributed by atoms with van der Waals surface area (Å²) in [5.41, 5.74) is 1.95. The van der Waals surface area contributed by atoms with E-state index in [1.165, 1.54) is 31.3 Å². The minimum absolute atomic E-state index is 0.245. The summed E-state index contributed by atoms with van der Waals surface area (Å²) < 4.78 is 0. The Balaban J connectivity index is 1.67. The van der Waals surface area contributed by atoms with Gasteiger partial charge in [0.2, 0.25) is 0 Å². The molecule has 0 aromatic heterocycles. The van der Waals surface area contributed by atoms with Crippen molar-refractivity contribution in [2.45, 2.75) is 72.1 Å². The van der Waals surface area contributed by atoms with E-state index in [0.29, 0.717) is 17.5 Å². The molecule has 0 aromatic rings. The van der Waals surface area contributed by atoms with Crippen LogP contribution in [-0.4, -0.2) is 11.6 Å². The molecule has 0 bridgehead atoms. The van der Waals surface area contributed by atoms with E-state index in [0.717, 1.165) is 43.4 Å². The zero-order chi connectivity index (χ0) is 16.4. The fraction of sp³-hybridized carbons (Fsp3) is 0.810. The summed E-state index contributed by atoms with van der Waals surface area (Å²) in [6.07, 6.45) is 10.9. The molecule has 2 nitrogen and oxygen atoms in total. The number of carbonyl (C=O) groups is 2. The molecule has 0 N–H and O–H groups in total. The number of hydrogen-bond donors (Lipinski definition) is 0. The van der Waals surface area contributed by atoms with Gasteiger partial charge in [0.15, 0.2) is 5.78 Å². The van der Waals surface area contributed by atoms with Gasteiger partial charge in [-0.1, -0.05) is 19.4 Å². The molecule has 4 aliphatic carbocycles. The molecular formula is C21H30O2. The van der Waals surface area contributed by atoms with Crippen LogP contribution in [0, 0.1) is 34.5 Å². The first-order valence-electron chi connectivity index (χ1n) is 9.60. The van der Waals surface area contributed by atoms with E-state index in [2.05, 4.69) is 13.8 Å². The molecule has 0 spiro atoms. The van der Waals surface area contributed by atoms with Crippen molar-refractivity contribution < 1.29 is 9.59 Å². The minimum Gasteiger partial charge on any atom is -0.300 e. The average molecular weight is 314 g/mol. The van der Waals surface area contributed by atoms with Crippen LogP contribution >= 0.6 is 0 Å². The zero-order valence-electron chi connectivity index (χ0n) is 14.9. The molecule has 3 saturated carbocycles. The van der Waals surface area contributed by atoms with E-state index in [1.54, 1.807) is 6.92 Å². The Morgan fingerprint density at radius 2 is 1.83 bits per heavy atom. The standard InChI is InChI=1S/C21H30O2/c1-13(22)17-6-7-18-16-5-4-14-12-15(23)8-10-20(14,2)19(16)9-11-21(17,18)3/h12,16-19H,4-11H2,1-3H3/t16?,17-,18+,19+,20+,21?/m1/s1. The van der Waals surface area contributed by atoms with Gasteiger partial charge >= 0.3 is 0 Å². The number of fused-ring (bicyclic) bond motifs is 5. The van der Waals surface area contributed by atoms with Crippen LogP contribution in [0.3, 0.4) is 0 Å². The number of allylic oxidation sites excluding steroid dienone is 1. The minimum atomic E-state index is 0.245. The first-order valence-corrected chi connectivity index (χ1v) is 9.60. The van der Waals surface area contributed by atoms with Gasteiger partial charge in [0.1, 0.15) is 5.78 Å². The highest BCUT2D eigenvalue weighted by Gasteiger charge is 2.59. The monoisotopic (exact) mass is 314 g/mol. The van der Waals surface area contributed by atoms with Crippen molar-refractivity contribution in [3.63, 3.8) is 0 Å². The Morgan fingerprint density at radius 3 is 2.57 bits per heavy atom. The SMILES string of the molecule is CC(=O)[C@H]1CC[C@H]2C3CCC4=CC(=O)CC[C@]4(C)[C@H]3CCC12C. The molecule has 23 heavy (non-hydrogen) atoms. The van der Waals surface area contributed by atoms with Crippen LogP contribution in [-0.2, 0) is 9.59 Å². The third-order valence-corrected chi connectivity index (χ3v) is 8.45. The van der Waals surface area contributed by atoms with E-state index in [-0.39, 0.29) is 10.8 Å². The van der Waals surface area contributed by atoms with Crippen LogP contribution in [0.2, 0.25) is 0 Å². The summed E-state index contributed by atoms with van der Waals surface area (Å²) in [6, 6.07) is 0. The average Bonchev–Trinajstić information content (AvgIpc) is 2.85. The molecule has 126 valence electrons. The van der Waals surface area contributed by atoms with Gasteiger partial charge < -0.3 is 0 Å². The van der Waals surface area contributed by atoms with Crippen LogP contribution in [0.5, 0.6) is 0 Å². The zero-order valence-corrected chi connectivity index (χ0v) is 14.9. The maximum Gasteiger partial charge on any atom is 0.155 e. The highest BCUT2D eigenvalue weighted by Crippen LogP contribution is 2.66. The first kappa shape index (κ1) is 15.6. The van der Waals surface area contributed by atoms with E-state index in [9.17, 15) is 9.59 Å². The Bertz CT molecular complexity index is 589. The van der Waals surface area contributed by atoms with Crippen molar-refractivity contribution in [2.75, 3.05) is 0 Å². The van der Waals surface area contributed by atoms with Crippen LogP contribution in [0.4, 0.5) is 0 Å². The molecule has 0 heterocycles. The molecule has 0 aliphatic heterocycles. The predicted molar refractivity (Wildman–Crippen MR) is 90.9 cm³/mol. The smallest absolute Gasteiger partial charge is 0.155 e. The Hall–Kier alpha value is -0.920. The van der Waals surface area contributed by atoms with Crippen molar-refractivity contribution in [1.29, 1.82) is 0 Å². The predicted octanol–water partition coefficient (Wildman–Crippen LogP) is 4.72. The van der Waals surface area contributed by atoms with E-state index in [4.69, 9.17) is 0 Å². The maximum atomic E-state index is 12.1.